The second-order valence-electron chi connectivity index (χ2n) is 6.73. The third-order valence-corrected chi connectivity index (χ3v) is 3.36. The topological polar surface area (TPSA) is 17.0 Å². The van der Waals surface area contributed by atoms with Crippen molar-refractivity contribution in [1.82, 2.24) is 9.88 Å². The van der Waals surface area contributed by atoms with Crippen LogP contribution in [-0.2, 0) is 13.1 Å². The van der Waals surface area contributed by atoms with Gasteiger partial charge in [0, 0.05) is 30.5 Å². The summed E-state index contributed by atoms with van der Waals surface area (Å²) in [7, 11) is 0. The maximum absolute atomic E-state index is 3.55. The Morgan fingerprint density at radius 3 is 2.30 bits per heavy atom. The van der Waals surface area contributed by atoms with E-state index in [0.29, 0.717) is 0 Å². The lowest BCUT2D eigenvalue weighted by molar-refractivity contribution is 0.417. The standard InChI is InChI=1S/C18H26N2/c1-14-9-15(2)11-16(10-14)13-20-8-6-7-17(20)12-19-18(3,4)5/h6-11,19H,12-13H2,1-5H3. The van der Waals surface area contributed by atoms with Crippen LogP contribution in [0.15, 0.2) is 36.5 Å². The van der Waals surface area contributed by atoms with Crippen molar-refractivity contribution in [3.8, 4) is 0 Å². The quantitative estimate of drug-likeness (QED) is 0.887. The van der Waals surface area contributed by atoms with Crippen LogP contribution in [0.25, 0.3) is 0 Å². The summed E-state index contributed by atoms with van der Waals surface area (Å²) in [4.78, 5) is 0. The number of nitrogens with one attached hydrogen (secondary N) is 1. The van der Waals surface area contributed by atoms with Crippen LogP contribution in [0.4, 0.5) is 0 Å². The molecule has 0 radical (unpaired) electrons. The molecule has 0 saturated carbocycles. The number of hydrogen-bond acceptors (Lipinski definition) is 1. The third kappa shape index (κ3) is 4.24. The fraction of sp³-hybridized carbons (Fsp3) is 0.444. The Hall–Kier alpha value is -1.54. The number of aromatic nitrogens is 1. The van der Waals surface area contributed by atoms with E-state index in [4.69, 9.17) is 0 Å². The van der Waals surface area contributed by atoms with Crippen molar-refractivity contribution >= 4 is 0 Å². The van der Waals surface area contributed by atoms with E-state index in [1.165, 1.54) is 22.4 Å². The van der Waals surface area contributed by atoms with Crippen LogP contribution in [0.2, 0.25) is 0 Å². The molecule has 0 unspecified atom stereocenters. The maximum Gasteiger partial charge on any atom is 0.0473 e. The first-order chi connectivity index (χ1) is 9.33. The molecule has 0 bridgehead atoms. The summed E-state index contributed by atoms with van der Waals surface area (Å²) in [5.41, 5.74) is 5.52. The van der Waals surface area contributed by atoms with Crippen LogP contribution in [0, 0.1) is 13.8 Å². The highest BCUT2D eigenvalue weighted by Crippen LogP contribution is 2.13. The van der Waals surface area contributed by atoms with Gasteiger partial charge in [0.25, 0.3) is 0 Å². The molecular formula is C18H26N2. The number of nitrogens with zero attached hydrogens (tertiary/aromatic N) is 1. The van der Waals surface area contributed by atoms with E-state index >= 15 is 0 Å². The van der Waals surface area contributed by atoms with Crippen LogP contribution in [-0.4, -0.2) is 10.1 Å². The van der Waals surface area contributed by atoms with Crippen molar-refractivity contribution in [2.45, 2.75) is 53.2 Å². The highest BCUT2D eigenvalue weighted by Gasteiger charge is 2.10. The summed E-state index contributed by atoms with van der Waals surface area (Å²) in [5, 5.41) is 3.55. The van der Waals surface area contributed by atoms with E-state index < -0.39 is 0 Å². The van der Waals surface area contributed by atoms with Gasteiger partial charge in [-0.2, -0.15) is 0 Å². The summed E-state index contributed by atoms with van der Waals surface area (Å²) in [5.74, 6) is 0. The van der Waals surface area contributed by atoms with Crippen molar-refractivity contribution < 1.29 is 0 Å². The van der Waals surface area contributed by atoms with Gasteiger partial charge in [-0.1, -0.05) is 29.3 Å². The van der Waals surface area contributed by atoms with E-state index in [0.717, 1.165) is 13.1 Å². The van der Waals surface area contributed by atoms with Gasteiger partial charge in [0.05, 0.1) is 0 Å². The zero-order valence-corrected chi connectivity index (χ0v) is 13.3. The minimum Gasteiger partial charge on any atom is -0.346 e. The van der Waals surface area contributed by atoms with Gasteiger partial charge in [0.15, 0.2) is 0 Å². The van der Waals surface area contributed by atoms with Crippen LogP contribution >= 0.6 is 0 Å². The van der Waals surface area contributed by atoms with Gasteiger partial charge in [-0.15, -0.1) is 0 Å². The Kier molecular flexibility index (Phi) is 4.34. The molecule has 2 nitrogen and oxygen atoms in total. The zero-order valence-electron chi connectivity index (χ0n) is 13.3. The Morgan fingerprint density at radius 1 is 1.05 bits per heavy atom. The van der Waals surface area contributed by atoms with Crippen LogP contribution in [0.5, 0.6) is 0 Å². The van der Waals surface area contributed by atoms with E-state index in [9.17, 15) is 0 Å². The Labute approximate surface area is 122 Å². The van der Waals surface area contributed by atoms with Crippen LogP contribution in [0.3, 0.4) is 0 Å². The summed E-state index contributed by atoms with van der Waals surface area (Å²) < 4.78 is 2.33. The molecule has 108 valence electrons. The predicted molar refractivity (Wildman–Crippen MR) is 86.0 cm³/mol. The Morgan fingerprint density at radius 2 is 1.70 bits per heavy atom. The van der Waals surface area contributed by atoms with E-state index in [-0.39, 0.29) is 5.54 Å². The average molecular weight is 270 g/mol. The Bertz CT molecular complexity index is 553. The monoisotopic (exact) mass is 270 g/mol. The lowest BCUT2D eigenvalue weighted by Crippen LogP contribution is -2.35. The van der Waals surface area contributed by atoms with Gasteiger partial charge in [0.2, 0.25) is 0 Å². The molecule has 0 fully saturated rings. The summed E-state index contributed by atoms with van der Waals surface area (Å²) >= 11 is 0. The highest BCUT2D eigenvalue weighted by molar-refractivity contribution is 5.29. The molecule has 2 rings (SSSR count). The SMILES string of the molecule is Cc1cc(C)cc(Cn2cccc2CNC(C)(C)C)c1. The lowest BCUT2D eigenvalue weighted by Gasteiger charge is -2.21. The van der Waals surface area contributed by atoms with E-state index in [2.05, 4.69) is 81.0 Å². The molecule has 0 saturated heterocycles. The second-order valence-corrected chi connectivity index (χ2v) is 6.73. The molecule has 1 N–H and O–H groups in total. The van der Waals surface area contributed by atoms with E-state index in [1.807, 2.05) is 0 Å². The molecule has 0 aliphatic rings. The van der Waals surface area contributed by atoms with Crippen molar-refractivity contribution in [3.05, 3.63) is 58.9 Å². The number of aryl methyl sites for hydroxylation is 2. The van der Waals surface area contributed by atoms with Crippen molar-refractivity contribution in [1.29, 1.82) is 0 Å². The first-order valence-electron chi connectivity index (χ1n) is 7.30. The smallest absolute Gasteiger partial charge is 0.0473 e. The minimum atomic E-state index is 0.148. The number of benzene rings is 1. The lowest BCUT2D eigenvalue weighted by atomic mass is 10.1. The molecule has 0 aliphatic heterocycles. The molecule has 1 heterocycles. The predicted octanol–water partition coefficient (Wildman–Crippen LogP) is 4.04. The maximum atomic E-state index is 3.55. The van der Waals surface area contributed by atoms with Gasteiger partial charge in [-0.3, -0.25) is 0 Å². The minimum absolute atomic E-state index is 0.148. The molecule has 1 aromatic carbocycles. The second kappa shape index (κ2) is 5.84. The molecule has 0 spiro atoms. The normalized spacial score (nSPS) is 11.8. The fourth-order valence-electron chi connectivity index (χ4n) is 2.48. The summed E-state index contributed by atoms with van der Waals surface area (Å²) in [6.07, 6.45) is 2.16. The molecule has 1 aromatic heterocycles. The van der Waals surface area contributed by atoms with Crippen molar-refractivity contribution in [2.24, 2.45) is 0 Å². The molecule has 20 heavy (non-hydrogen) atoms. The molecule has 0 amide bonds. The van der Waals surface area contributed by atoms with Gasteiger partial charge in [0.1, 0.15) is 0 Å². The van der Waals surface area contributed by atoms with Gasteiger partial charge < -0.3 is 9.88 Å². The first-order valence-corrected chi connectivity index (χ1v) is 7.30. The van der Waals surface area contributed by atoms with Crippen molar-refractivity contribution in [3.63, 3.8) is 0 Å². The average Bonchev–Trinajstić information content (AvgIpc) is 2.71. The third-order valence-electron chi connectivity index (χ3n) is 3.36. The summed E-state index contributed by atoms with van der Waals surface area (Å²) in [6.45, 7) is 12.8. The fourth-order valence-corrected chi connectivity index (χ4v) is 2.48. The van der Waals surface area contributed by atoms with Gasteiger partial charge in [-0.05, 0) is 52.3 Å². The molecule has 2 heteroatoms. The van der Waals surface area contributed by atoms with Gasteiger partial charge >= 0.3 is 0 Å². The molecule has 0 aliphatic carbocycles. The summed E-state index contributed by atoms with van der Waals surface area (Å²) in [6, 6.07) is 11.1. The molecule has 0 atom stereocenters. The van der Waals surface area contributed by atoms with Crippen LogP contribution in [0.1, 0.15) is 43.2 Å². The largest absolute Gasteiger partial charge is 0.346 e. The van der Waals surface area contributed by atoms with Crippen LogP contribution < -0.4 is 5.32 Å². The number of rotatable bonds is 4. The van der Waals surface area contributed by atoms with E-state index in [1.54, 1.807) is 0 Å². The van der Waals surface area contributed by atoms with Crippen molar-refractivity contribution in [2.75, 3.05) is 0 Å². The molecule has 2 aromatic rings. The first kappa shape index (κ1) is 14.9. The molecular weight excluding hydrogens is 244 g/mol. The number of hydrogen-bond donors (Lipinski definition) is 1. The Balaban J connectivity index is 2.12. The zero-order chi connectivity index (χ0) is 14.8. The van der Waals surface area contributed by atoms with Gasteiger partial charge in [-0.25, -0.2) is 0 Å². The highest BCUT2D eigenvalue weighted by atomic mass is 15.0.